The fourth-order valence-corrected chi connectivity index (χ4v) is 2.81. The Bertz CT molecular complexity index is 397. The molecule has 0 aromatic carbocycles. The molecule has 0 N–H and O–H groups in total. The van der Waals surface area contributed by atoms with Crippen LogP contribution in [0.25, 0.3) is 0 Å². The van der Waals surface area contributed by atoms with Crippen molar-refractivity contribution in [2.24, 2.45) is 4.99 Å². The van der Waals surface area contributed by atoms with Gasteiger partial charge in [0.05, 0.1) is 0 Å². The molecular formula is C12H15BrN2. The smallest absolute Gasteiger partial charge is 0.0439 e. The van der Waals surface area contributed by atoms with E-state index in [-0.39, 0.29) is 0 Å². The lowest BCUT2D eigenvalue weighted by Gasteiger charge is -2.14. The number of hydrogen-bond donors (Lipinski definition) is 0. The summed E-state index contributed by atoms with van der Waals surface area (Å²) in [4.78, 5) is 8.79. The monoisotopic (exact) mass is 266 g/mol. The van der Waals surface area contributed by atoms with Crippen LogP contribution in [0.15, 0.2) is 21.9 Å². The van der Waals surface area contributed by atoms with Gasteiger partial charge in [-0.25, -0.2) is 0 Å². The van der Waals surface area contributed by atoms with Gasteiger partial charge >= 0.3 is 0 Å². The minimum atomic E-state index is 0.501. The zero-order valence-corrected chi connectivity index (χ0v) is 10.7. The second-order valence-corrected chi connectivity index (χ2v) is 5.02. The second kappa shape index (κ2) is 4.44. The van der Waals surface area contributed by atoms with E-state index in [0.29, 0.717) is 5.92 Å². The molecule has 1 aromatic rings. The minimum absolute atomic E-state index is 0.501. The summed E-state index contributed by atoms with van der Waals surface area (Å²) in [5, 5.41) is 0. The lowest BCUT2D eigenvalue weighted by molar-refractivity contribution is 0.852. The summed E-state index contributed by atoms with van der Waals surface area (Å²) in [5.74, 6) is 0.501. The fourth-order valence-electron chi connectivity index (χ4n) is 2.02. The highest BCUT2D eigenvalue weighted by atomic mass is 79.9. The average molecular weight is 267 g/mol. The number of pyridine rings is 1. The number of nitrogens with zero attached hydrogens (tertiary/aromatic N) is 2. The number of hydrogen-bond acceptors (Lipinski definition) is 2. The van der Waals surface area contributed by atoms with E-state index in [9.17, 15) is 0 Å². The third kappa shape index (κ3) is 2.12. The number of aromatic nitrogens is 1. The van der Waals surface area contributed by atoms with Crippen LogP contribution >= 0.6 is 15.9 Å². The molecule has 80 valence electrons. The summed E-state index contributed by atoms with van der Waals surface area (Å²) in [6.07, 6.45) is 6.09. The lowest BCUT2D eigenvalue weighted by atomic mass is 9.95. The van der Waals surface area contributed by atoms with E-state index >= 15 is 0 Å². The quantitative estimate of drug-likeness (QED) is 0.804. The third-order valence-corrected chi connectivity index (χ3v) is 3.33. The summed E-state index contributed by atoms with van der Waals surface area (Å²) in [6.45, 7) is 5.39. The molecule has 15 heavy (non-hydrogen) atoms. The van der Waals surface area contributed by atoms with E-state index < -0.39 is 0 Å². The maximum atomic E-state index is 4.55. The molecule has 0 bridgehead atoms. The van der Waals surface area contributed by atoms with Crippen LogP contribution in [0, 0.1) is 0 Å². The Kier molecular flexibility index (Phi) is 3.19. The SMILES string of the molecule is CC(C)c1c(Br)cncc1C1=NCCC1. The Morgan fingerprint density at radius 2 is 2.13 bits per heavy atom. The Labute approximate surface area is 99.0 Å². The maximum absolute atomic E-state index is 4.55. The van der Waals surface area contributed by atoms with Gasteiger partial charge in [0.2, 0.25) is 0 Å². The van der Waals surface area contributed by atoms with Crippen molar-refractivity contribution in [3.8, 4) is 0 Å². The van der Waals surface area contributed by atoms with Gasteiger partial charge in [0, 0.05) is 34.7 Å². The molecule has 0 radical (unpaired) electrons. The van der Waals surface area contributed by atoms with Gasteiger partial charge < -0.3 is 0 Å². The molecule has 0 fully saturated rings. The van der Waals surface area contributed by atoms with Crippen LogP contribution in [0.3, 0.4) is 0 Å². The summed E-state index contributed by atoms with van der Waals surface area (Å²) in [6, 6.07) is 0. The highest BCUT2D eigenvalue weighted by Gasteiger charge is 2.17. The van der Waals surface area contributed by atoms with Crippen molar-refractivity contribution in [2.45, 2.75) is 32.6 Å². The minimum Gasteiger partial charge on any atom is -0.289 e. The molecule has 1 aliphatic heterocycles. The molecule has 0 aliphatic carbocycles. The van der Waals surface area contributed by atoms with Crippen LogP contribution in [0.1, 0.15) is 43.7 Å². The number of rotatable bonds is 2. The summed E-state index contributed by atoms with van der Waals surface area (Å²) < 4.78 is 1.10. The zero-order chi connectivity index (χ0) is 10.8. The second-order valence-electron chi connectivity index (χ2n) is 4.17. The Morgan fingerprint density at radius 3 is 2.73 bits per heavy atom. The van der Waals surface area contributed by atoms with Crippen LogP contribution in [0.4, 0.5) is 0 Å². The zero-order valence-electron chi connectivity index (χ0n) is 9.13. The van der Waals surface area contributed by atoms with Gasteiger partial charge in [-0.15, -0.1) is 0 Å². The van der Waals surface area contributed by atoms with Crippen LogP contribution in [-0.4, -0.2) is 17.2 Å². The molecular weight excluding hydrogens is 252 g/mol. The highest BCUT2D eigenvalue weighted by molar-refractivity contribution is 9.10. The number of halogens is 1. The lowest BCUT2D eigenvalue weighted by Crippen LogP contribution is -2.05. The fraction of sp³-hybridized carbons (Fsp3) is 0.500. The van der Waals surface area contributed by atoms with E-state index in [1.807, 2.05) is 12.4 Å². The summed E-state index contributed by atoms with van der Waals surface area (Å²) >= 11 is 3.58. The van der Waals surface area contributed by atoms with E-state index in [0.717, 1.165) is 17.4 Å². The Morgan fingerprint density at radius 1 is 1.33 bits per heavy atom. The molecule has 1 aliphatic rings. The first-order chi connectivity index (χ1) is 7.20. The molecule has 2 heterocycles. The van der Waals surface area contributed by atoms with Gasteiger partial charge in [-0.3, -0.25) is 9.98 Å². The molecule has 1 aromatic heterocycles. The standard InChI is InChI=1S/C12H15BrN2/c1-8(2)12-9(6-14-7-10(12)13)11-4-3-5-15-11/h6-8H,3-5H2,1-2H3. The molecule has 0 spiro atoms. The van der Waals surface area contributed by atoms with Crippen molar-refractivity contribution in [1.82, 2.24) is 4.98 Å². The predicted octanol–water partition coefficient (Wildman–Crippen LogP) is 3.55. The van der Waals surface area contributed by atoms with Gasteiger partial charge in [0.15, 0.2) is 0 Å². The molecule has 0 saturated carbocycles. The van der Waals surface area contributed by atoms with Crippen molar-refractivity contribution in [3.05, 3.63) is 28.0 Å². The van der Waals surface area contributed by atoms with Crippen LogP contribution in [-0.2, 0) is 0 Å². The van der Waals surface area contributed by atoms with Crippen molar-refractivity contribution >= 4 is 21.6 Å². The van der Waals surface area contributed by atoms with Crippen LogP contribution < -0.4 is 0 Å². The molecule has 0 unspecified atom stereocenters. The predicted molar refractivity (Wildman–Crippen MR) is 66.7 cm³/mol. The van der Waals surface area contributed by atoms with Crippen LogP contribution in [0.2, 0.25) is 0 Å². The Hall–Kier alpha value is -0.700. The van der Waals surface area contributed by atoms with Gasteiger partial charge in [-0.2, -0.15) is 0 Å². The molecule has 2 rings (SSSR count). The molecule has 3 heteroatoms. The summed E-state index contributed by atoms with van der Waals surface area (Å²) in [5.41, 5.74) is 3.80. The normalized spacial score (nSPS) is 15.9. The largest absolute Gasteiger partial charge is 0.289 e. The first kappa shape index (κ1) is 10.8. The van der Waals surface area contributed by atoms with Crippen molar-refractivity contribution in [3.63, 3.8) is 0 Å². The molecule has 0 amide bonds. The van der Waals surface area contributed by atoms with Gasteiger partial charge in [-0.1, -0.05) is 13.8 Å². The Balaban J connectivity index is 2.50. The average Bonchev–Trinajstić information content (AvgIpc) is 2.69. The first-order valence-electron chi connectivity index (χ1n) is 5.37. The third-order valence-electron chi connectivity index (χ3n) is 2.70. The first-order valence-corrected chi connectivity index (χ1v) is 6.16. The van der Waals surface area contributed by atoms with E-state index in [1.165, 1.54) is 23.3 Å². The molecule has 0 saturated heterocycles. The highest BCUT2D eigenvalue weighted by Crippen LogP contribution is 2.29. The van der Waals surface area contributed by atoms with E-state index in [4.69, 9.17) is 0 Å². The van der Waals surface area contributed by atoms with Gasteiger partial charge in [0.1, 0.15) is 0 Å². The topological polar surface area (TPSA) is 25.2 Å². The molecule has 2 nitrogen and oxygen atoms in total. The maximum Gasteiger partial charge on any atom is 0.0439 e. The van der Waals surface area contributed by atoms with Crippen molar-refractivity contribution in [2.75, 3.05) is 6.54 Å². The summed E-state index contributed by atoms with van der Waals surface area (Å²) in [7, 11) is 0. The van der Waals surface area contributed by atoms with E-state index in [2.05, 4.69) is 39.8 Å². The van der Waals surface area contributed by atoms with Crippen molar-refractivity contribution in [1.29, 1.82) is 0 Å². The van der Waals surface area contributed by atoms with E-state index in [1.54, 1.807) is 0 Å². The van der Waals surface area contributed by atoms with Crippen molar-refractivity contribution < 1.29 is 0 Å². The van der Waals surface area contributed by atoms with Gasteiger partial charge in [-0.05, 0) is 40.3 Å². The number of aliphatic imine (C=N–C) groups is 1. The van der Waals surface area contributed by atoms with Crippen LogP contribution in [0.5, 0.6) is 0 Å². The molecule has 0 atom stereocenters. The van der Waals surface area contributed by atoms with Gasteiger partial charge in [0.25, 0.3) is 0 Å².